The molecule has 0 radical (unpaired) electrons. The molecular weight excluding hydrogens is 425 g/mol. The van der Waals surface area contributed by atoms with Crippen molar-refractivity contribution in [2.45, 2.75) is 39.1 Å². The maximum Gasteiger partial charge on any atom is 0.416 e. The average Bonchev–Trinajstić information content (AvgIpc) is 3.13. The highest BCUT2D eigenvalue weighted by molar-refractivity contribution is 5.93. The van der Waals surface area contributed by atoms with Crippen LogP contribution in [-0.2, 0) is 22.3 Å². The number of fused-ring (bicyclic) bond motifs is 1. The van der Waals surface area contributed by atoms with Crippen LogP contribution in [-0.4, -0.2) is 40.5 Å². The lowest BCUT2D eigenvalue weighted by Crippen LogP contribution is -2.47. The van der Waals surface area contributed by atoms with Crippen LogP contribution in [0.4, 0.5) is 23.8 Å². The van der Waals surface area contributed by atoms with Crippen molar-refractivity contribution < 1.29 is 27.5 Å². The van der Waals surface area contributed by atoms with Crippen LogP contribution in [0.5, 0.6) is 0 Å². The Morgan fingerprint density at radius 3 is 2.44 bits per heavy atom. The van der Waals surface area contributed by atoms with Crippen LogP contribution in [0.25, 0.3) is 11.1 Å². The number of hydrogen-bond donors (Lipinski definition) is 1. The summed E-state index contributed by atoms with van der Waals surface area (Å²) in [5.41, 5.74) is -0.505. The molecule has 1 unspecified atom stereocenters. The normalized spacial score (nSPS) is 16.3. The van der Waals surface area contributed by atoms with Crippen molar-refractivity contribution in [1.82, 2.24) is 15.1 Å². The van der Waals surface area contributed by atoms with Gasteiger partial charge in [0.2, 0.25) is 5.91 Å². The van der Waals surface area contributed by atoms with Crippen LogP contribution in [0.15, 0.2) is 43.1 Å². The number of rotatable bonds is 4. The van der Waals surface area contributed by atoms with E-state index in [9.17, 15) is 22.8 Å². The molecule has 1 aromatic carbocycles. The molecule has 0 saturated carbocycles. The van der Waals surface area contributed by atoms with E-state index < -0.39 is 23.4 Å². The van der Waals surface area contributed by atoms with Gasteiger partial charge in [-0.05, 0) is 44.5 Å². The molecule has 1 aliphatic heterocycles. The van der Waals surface area contributed by atoms with Crippen molar-refractivity contribution in [2.75, 3.05) is 18.0 Å². The Hall–Kier alpha value is -3.30. The van der Waals surface area contributed by atoms with Crippen LogP contribution in [0.1, 0.15) is 26.3 Å². The molecule has 3 rings (SSSR count). The topological polar surface area (TPSA) is 76.5 Å². The standard InChI is InChI=1S/C22H25F3N4O3/c1-5-18(30)26-10-14-12-28(20(31)32-21(2,3)4)19-17(11-27-29(19)13-14)15-6-8-16(9-7-15)22(23,24)25/h5-9,11,14H,1,10,12-13H2,2-4H3,(H,26,30). The number of amides is 2. The molecule has 32 heavy (non-hydrogen) atoms. The third-order valence-electron chi connectivity index (χ3n) is 4.83. The molecule has 10 heteroatoms. The quantitative estimate of drug-likeness (QED) is 0.707. The van der Waals surface area contributed by atoms with Gasteiger partial charge in [0.05, 0.1) is 11.8 Å². The average molecular weight is 450 g/mol. The first-order valence-corrected chi connectivity index (χ1v) is 10.0. The Kier molecular flexibility index (Phi) is 6.34. The summed E-state index contributed by atoms with van der Waals surface area (Å²) in [6, 6.07) is 4.69. The molecular formula is C22H25F3N4O3. The summed E-state index contributed by atoms with van der Waals surface area (Å²) in [4.78, 5) is 26.0. The van der Waals surface area contributed by atoms with Crippen LogP contribution < -0.4 is 10.2 Å². The Labute approximate surface area is 183 Å². The second-order valence-electron chi connectivity index (χ2n) is 8.55. The molecule has 2 amide bonds. The third kappa shape index (κ3) is 5.30. The predicted molar refractivity (Wildman–Crippen MR) is 113 cm³/mol. The van der Waals surface area contributed by atoms with Gasteiger partial charge in [0.15, 0.2) is 0 Å². The van der Waals surface area contributed by atoms with E-state index in [0.717, 1.165) is 18.2 Å². The number of anilines is 1. The number of nitrogens with one attached hydrogen (secondary N) is 1. The molecule has 1 aromatic heterocycles. The molecule has 0 spiro atoms. The van der Waals surface area contributed by atoms with Crippen molar-refractivity contribution in [2.24, 2.45) is 5.92 Å². The fraction of sp³-hybridized carbons (Fsp3) is 0.409. The second kappa shape index (κ2) is 8.68. The summed E-state index contributed by atoms with van der Waals surface area (Å²) in [6.45, 7) is 9.58. The largest absolute Gasteiger partial charge is 0.443 e. The lowest BCUT2D eigenvalue weighted by atomic mass is 10.0. The number of aromatic nitrogens is 2. The number of benzene rings is 1. The van der Waals surface area contributed by atoms with Gasteiger partial charge in [0.25, 0.3) is 0 Å². The highest BCUT2D eigenvalue weighted by Crippen LogP contribution is 2.37. The van der Waals surface area contributed by atoms with E-state index in [2.05, 4.69) is 17.0 Å². The van der Waals surface area contributed by atoms with E-state index >= 15 is 0 Å². The number of hydrogen-bond acceptors (Lipinski definition) is 4. The van der Waals surface area contributed by atoms with Crippen LogP contribution >= 0.6 is 0 Å². The first kappa shape index (κ1) is 23.4. The van der Waals surface area contributed by atoms with Gasteiger partial charge in [-0.25, -0.2) is 9.48 Å². The molecule has 0 aliphatic carbocycles. The van der Waals surface area contributed by atoms with E-state index in [4.69, 9.17) is 4.74 Å². The predicted octanol–water partition coefficient (Wildman–Crippen LogP) is 4.24. The third-order valence-corrected chi connectivity index (χ3v) is 4.83. The van der Waals surface area contributed by atoms with Gasteiger partial charge < -0.3 is 10.1 Å². The van der Waals surface area contributed by atoms with Crippen LogP contribution in [0, 0.1) is 5.92 Å². The van der Waals surface area contributed by atoms with E-state index in [1.165, 1.54) is 23.2 Å². The maximum absolute atomic E-state index is 13.0. The fourth-order valence-corrected chi connectivity index (χ4v) is 3.41. The van der Waals surface area contributed by atoms with Gasteiger partial charge >= 0.3 is 12.3 Å². The number of carbonyl (C=O) groups excluding carboxylic acids is 2. The molecule has 172 valence electrons. The van der Waals surface area contributed by atoms with Gasteiger partial charge in [-0.1, -0.05) is 18.7 Å². The lowest BCUT2D eigenvalue weighted by molar-refractivity contribution is -0.137. The maximum atomic E-state index is 13.0. The van der Waals surface area contributed by atoms with Crippen molar-refractivity contribution in [1.29, 1.82) is 0 Å². The molecule has 1 atom stereocenters. The van der Waals surface area contributed by atoms with Crippen molar-refractivity contribution in [3.05, 3.63) is 48.7 Å². The summed E-state index contributed by atoms with van der Waals surface area (Å²) < 4.78 is 46.0. The van der Waals surface area contributed by atoms with Crippen LogP contribution in [0.3, 0.4) is 0 Å². The lowest BCUT2D eigenvalue weighted by Gasteiger charge is -2.35. The highest BCUT2D eigenvalue weighted by Gasteiger charge is 2.35. The molecule has 2 aromatic rings. The van der Waals surface area contributed by atoms with Gasteiger partial charge in [-0.3, -0.25) is 9.69 Å². The van der Waals surface area contributed by atoms with Gasteiger partial charge in [0, 0.05) is 31.1 Å². The number of nitrogens with zero attached hydrogens (tertiary/aromatic N) is 3. The first-order chi connectivity index (χ1) is 14.9. The minimum absolute atomic E-state index is 0.153. The molecule has 2 heterocycles. The number of carbonyl (C=O) groups is 2. The summed E-state index contributed by atoms with van der Waals surface area (Å²) in [5, 5.41) is 7.06. The number of halogens is 3. The summed E-state index contributed by atoms with van der Waals surface area (Å²) in [6.07, 6.45) is -2.37. The fourth-order valence-electron chi connectivity index (χ4n) is 3.41. The van der Waals surface area contributed by atoms with Gasteiger partial charge in [-0.2, -0.15) is 18.3 Å². The minimum Gasteiger partial charge on any atom is -0.443 e. The first-order valence-electron chi connectivity index (χ1n) is 10.0. The summed E-state index contributed by atoms with van der Waals surface area (Å²) in [5.74, 6) is -0.0462. The SMILES string of the molecule is C=CC(=O)NCC1CN(C(=O)OC(C)(C)C)c2c(-c3ccc(C(F)(F)F)cc3)cnn2C1. The van der Waals surface area contributed by atoms with Crippen molar-refractivity contribution in [3.8, 4) is 11.1 Å². The summed E-state index contributed by atoms with van der Waals surface area (Å²) in [7, 11) is 0. The molecule has 1 N–H and O–H groups in total. The summed E-state index contributed by atoms with van der Waals surface area (Å²) >= 11 is 0. The van der Waals surface area contributed by atoms with E-state index in [1.807, 2.05) is 0 Å². The zero-order chi connectivity index (χ0) is 23.7. The van der Waals surface area contributed by atoms with Crippen LogP contribution in [0.2, 0.25) is 0 Å². The van der Waals surface area contributed by atoms with E-state index in [0.29, 0.717) is 30.0 Å². The number of alkyl halides is 3. The van der Waals surface area contributed by atoms with Crippen molar-refractivity contribution in [3.63, 3.8) is 0 Å². The van der Waals surface area contributed by atoms with E-state index in [-0.39, 0.29) is 18.4 Å². The molecule has 0 saturated heterocycles. The smallest absolute Gasteiger partial charge is 0.416 e. The van der Waals surface area contributed by atoms with Crippen molar-refractivity contribution >= 4 is 17.8 Å². The molecule has 1 aliphatic rings. The molecule has 7 nitrogen and oxygen atoms in total. The van der Waals surface area contributed by atoms with Gasteiger partial charge in [-0.15, -0.1) is 0 Å². The Bertz CT molecular complexity index is 1010. The van der Waals surface area contributed by atoms with Gasteiger partial charge in [0.1, 0.15) is 11.4 Å². The molecule has 0 bridgehead atoms. The molecule has 0 fully saturated rings. The Balaban J connectivity index is 1.96. The van der Waals surface area contributed by atoms with E-state index in [1.54, 1.807) is 25.5 Å². The minimum atomic E-state index is -4.44. The highest BCUT2D eigenvalue weighted by atomic mass is 19.4. The second-order valence-corrected chi connectivity index (χ2v) is 8.55. The monoisotopic (exact) mass is 450 g/mol. The Morgan fingerprint density at radius 2 is 1.88 bits per heavy atom. The zero-order valence-electron chi connectivity index (χ0n) is 18.1. The zero-order valence-corrected chi connectivity index (χ0v) is 18.1. The number of ether oxygens (including phenoxy) is 1. The Morgan fingerprint density at radius 1 is 1.22 bits per heavy atom.